The lowest BCUT2D eigenvalue weighted by molar-refractivity contribution is -0.119. The normalized spacial score (nSPS) is 12.2. The van der Waals surface area contributed by atoms with Crippen LogP contribution in [0.3, 0.4) is 0 Å². The second-order valence-electron chi connectivity index (χ2n) is 7.25. The first kappa shape index (κ1) is 20.9. The van der Waals surface area contributed by atoms with E-state index in [1.54, 1.807) is 28.8 Å². The Balaban J connectivity index is 2.33. The number of nitrogens with two attached hydrogens (primary N) is 1. The Morgan fingerprint density at radius 1 is 1.17 bits per heavy atom. The number of ether oxygens (including phenoxy) is 1. The molecule has 6 heteroatoms. The molecule has 2 aromatic carbocycles. The highest BCUT2D eigenvalue weighted by Gasteiger charge is 2.28. The van der Waals surface area contributed by atoms with Gasteiger partial charge in [0.1, 0.15) is 5.75 Å². The van der Waals surface area contributed by atoms with Gasteiger partial charge in [0.05, 0.1) is 23.6 Å². The molecule has 0 fully saturated rings. The number of carbonyl (C=O) groups excluding carboxylic acids is 2. The molecule has 0 aliphatic heterocycles. The van der Waals surface area contributed by atoms with Crippen LogP contribution in [-0.4, -0.2) is 23.5 Å². The van der Waals surface area contributed by atoms with Gasteiger partial charge in [-0.15, -0.1) is 0 Å². The van der Waals surface area contributed by atoms with E-state index in [4.69, 9.17) is 22.1 Å². The van der Waals surface area contributed by atoms with Crippen molar-refractivity contribution in [3.63, 3.8) is 0 Å². The monoisotopic (exact) mass is 412 g/mol. The minimum Gasteiger partial charge on any atom is -0.495 e. The molecule has 0 saturated heterocycles. The minimum atomic E-state index is -0.500. The minimum absolute atomic E-state index is 0.181. The molecule has 2 N–H and O–H groups in total. The number of hydrogen-bond donors (Lipinski definition) is 1. The van der Waals surface area contributed by atoms with E-state index in [1.165, 1.54) is 7.11 Å². The summed E-state index contributed by atoms with van der Waals surface area (Å²) >= 11 is 6.37. The van der Waals surface area contributed by atoms with Gasteiger partial charge in [0, 0.05) is 16.6 Å². The van der Waals surface area contributed by atoms with Crippen molar-refractivity contribution in [1.29, 1.82) is 0 Å². The number of amides is 1. The average molecular weight is 413 g/mol. The van der Waals surface area contributed by atoms with Crippen LogP contribution < -0.4 is 10.5 Å². The second-order valence-corrected chi connectivity index (χ2v) is 7.66. The number of primary amides is 1. The largest absolute Gasteiger partial charge is 0.495 e. The van der Waals surface area contributed by atoms with Crippen molar-refractivity contribution in [2.75, 3.05) is 7.11 Å². The Labute approximate surface area is 175 Å². The highest BCUT2D eigenvalue weighted by molar-refractivity contribution is 6.33. The SMILES string of the molecule is CCCC(C(N)=O)c1c(C)n(C(=O)c2ccc(C)cc2)c2cc(Cl)c(OC)cc12. The highest BCUT2D eigenvalue weighted by atomic mass is 35.5. The van der Waals surface area contributed by atoms with Gasteiger partial charge < -0.3 is 10.5 Å². The van der Waals surface area contributed by atoms with Crippen molar-refractivity contribution in [3.05, 3.63) is 63.8 Å². The number of rotatable bonds is 6. The van der Waals surface area contributed by atoms with E-state index in [0.29, 0.717) is 34.0 Å². The van der Waals surface area contributed by atoms with Gasteiger partial charge in [0.25, 0.3) is 5.91 Å². The Hall–Kier alpha value is -2.79. The molecule has 1 aromatic heterocycles. The lowest BCUT2D eigenvalue weighted by Gasteiger charge is -2.14. The maximum atomic E-state index is 13.4. The van der Waals surface area contributed by atoms with Crippen LogP contribution in [0, 0.1) is 13.8 Å². The van der Waals surface area contributed by atoms with E-state index in [1.807, 2.05) is 32.9 Å². The first-order valence-corrected chi connectivity index (χ1v) is 9.97. The van der Waals surface area contributed by atoms with Crippen molar-refractivity contribution >= 4 is 34.3 Å². The molecule has 0 spiro atoms. The molecule has 1 atom stereocenters. The lowest BCUT2D eigenvalue weighted by Crippen LogP contribution is -2.22. The zero-order valence-electron chi connectivity index (χ0n) is 17.1. The summed E-state index contributed by atoms with van der Waals surface area (Å²) in [7, 11) is 1.53. The number of nitrogens with zero attached hydrogens (tertiary/aromatic N) is 1. The predicted molar refractivity (Wildman–Crippen MR) is 116 cm³/mol. The molecule has 3 aromatic rings. The van der Waals surface area contributed by atoms with Gasteiger partial charge in [-0.25, -0.2) is 0 Å². The Morgan fingerprint density at radius 2 is 1.83 bits per heavy atom. The standard InChI is InChI=1S/C23H25ClN2O3/c1-5-6-16(22(25)27)21-14(3)26(23(28)15-9-7-13(2)8-10-15)19-12-18(24)20(29-4)11-17(19)21/h7-12,16H,5-6H2,1-4H3,(H2,25,27). The maximum absolute atomic E-state index is 13.4. The Morgan fingerprint density at radius 3 is 2.38 bits per heavy atom. The number of carbonyl (C=O) groups is 2. The summed E-state index contributed by atoms with van der Waals surface area (Å²) < 4.78 is 6.99. The van der Waals surface area contributed by atoms with Crippen molar-refractivity contribution in [1.82, 2.24) is 4.57 Å². The Bertz CT molecular complexity index is 1080. The molecule has 0 aliphatic rings. The fourth-order valence-corrected chi connectivity index (χ4v) is 4.08. The topological polar surface area (TPSA) is 74.3 Å². The number of aromatic nitrogens is 1. The molecule has 1 heterocycles. The van der Waals surface area contributed by atoms with E-state index < -0.39 is 11.8 Å². The molecule has 1 unspecified atom stereocenters. The molecule has 152 valence electrons. The van der Waals surface area contributed by atoms with Crippen LogP contribution in [-0.2, 0) is 4.79 Å². The van der Waals surface area contributed by atoms with Crippen LogP contribution in [0.4, 0.5) is 0 Å². The molecule has 0 aliphatic carbocycles. The van der Waals surface area contributed by atoms with Crippen LogP contribution in [0.5, 0.6) is 5.75 Å². The van der Waals surface area contributed by atoms with Gasteiger partial charge in [0.2, 0.25) is 5.91 Å². The summed E-state index contributed by atoms with van der Waals surface area (Å²) in [6.07, 6.45) is 1.38. The first-order valence-electron chi connectivity index (χ1n) is 9.59. The van der Waals surface area contributed by atoms with Crippen LogP contribution in [0.2, 0.25) is 5.02 Å². The lowest BCUT2D eigenvalue weighted by atomic mass is 9.91. The zero-order chi connectivity index (χ0) is 21.3. The van der Waals surface area contributed by atoms with Gasteiger partial charge in [-0.05, 0) is 50.1 Å². The number of benzene rings is 2. The summed E-state index contributed by atoms with van der Waals surface area (Å²) in [5, 5.41) is 1.15. The molecular weight excluding hydrogens is 388 g/mol. The van der Waals surface area contributed by atoms with Gasteiger partial charge >= 0.3 is 0 Å². The van der Waals surface area contributed by atoms with Crippen LogP contribution >= 0.6 is 11.6 Å². The van der Waals surface area contributed by atoms with E-state index in [-0.39, 0.29) is 5.91 Å². The van der Waals surface area contributed by atoms with E-state index in [2.05, 4.69) is 0 Å². The van der Waals surface area contributed by atoms with Gasteiger partial charge in [-0.1, -0.05) is 42.6 Å². The predicted octanol–water partition coefficient (Wildman–Crippen LogP) is 4.98. The average Bonchev–Trinajstić information content (AvgIpc) is 2.95. The van der Waals surface area contributed by atoms with Gasteiger partial charge in [-0.2, -0.15) is 0 Å². The molecule has 0 radical (unpaired) electrons. The third-order valence-electron chi connectivity index (χ3n) is 5.30. The Kier molecular flexibility index (Phi) is 5.99. The summed E-state index contributed by atoms with van der Waals surface area (Å²) in [6.45, 7) is 5.81. The van der Waals surface area contributed by atoms with E-state index >= 15 is 0 Å². The van der Waals surface area contributed by atoms with E-state index in [0.717, 1.165) is 22.9 Å². The zero-order valence-corrected chi connectivity index (χ0v) is 17.8. The van der Waals surface area contributed by atoms with Crippen molar-refractivity contribution in [3.8, 4) is 5.75 Å². The van der Waals surface area contributed by atoms with E-state index in [9.17, 15) is 9.59 Å². The van der Waals surface area contributed by atoms with Crippen LogP contribution in [0.15, 0.2) is 36.4 Å². The second kappa shape index (κ2) is 8.29. The van der Waals surface area contributed by atoms with Crippen molar-refractivity contribution < 1.29 is 14.3 Å². The van der Waals surface area contributed by atoms with Crippen LogP contribution in [0.25, 0.3) is 10.9 Å². The summed E-state index contributed by atoms with van der Waals surface area (Å²) in [5.74, 6) is -0.606. The number of hydrogen-bond acceptors (Lipinski definition) is 3. The smallest absolute Gasteiger partial charge is 0.262 e. The fourth-order valence-electron chi connectivity index (χ4n) is 3.84. The number of methoxy groups -OCH3 is 1. The summed E-state index contributed by atoms with van der Waals surface area (Å²) in [6, 6.07) is 10.9. The summed E-state index contributed by atoms with van der Waals surface area (Å²) in [4.78, 5) is 25.7. The molecule has 3 rings (SSSR count). The molecular formula is C23H25ClN2O3. The maximum Gasteiger partial charge on any atom is 0.262 e. The van der Waals surface area contributed by atoms with Gasteiger partial charge in [-0.3, -0.25) is 14.2 Å². The molecule has 29 heavy (non-hydrogen) atoms. The highest BCUT2D eigenvalue weighted by Crippen LogP contribution is 2.39. The fraction of sp³-hybridized carbons (Fsp3) is 0.304. The van der Waals surface area contributed by atoms with Crippen LogP contribution in [0.1, 0.15) is 52.9 Å². The number of fused-ring (bicyclic) bond motifs is 1. The molecule has 0 bridgehead atoms. The third kappa shape index (κ3) is 3.75. The van der Waals surface area contributed by atoms with Crippen molar-refractivity contribution in [2.24, 2.45) is 5.73 Å². The molecule has 0 saturated carbocycles. The first-order chi connectivity index (χ1) is 13.8. The number of halogens is 1. The third-order valence-corrected chi connectivity index (χ3v) is 5.59. The van der Waals surface area contributed by atoms with Crippen molar-refractivity contribution in [2.45, 2.75) is 39.5 Å². The molecule has 1 amide bonds. The summed E-state index contributed by atoms with van der Waals surface area (Å²) in [5.41, 5.74) is 9.44. The quantitative estimate of drug-likeness (QED) is 0.620. The molecule has 5 nitrogen and oxygen atoms in total. The van der Waals surface area contributed by atoms with Gasteiger partial charge in [0.15, 0.2) is 0 Å². The number of aryl methyl sites for hydroxylation is 1.